The Morgan fingerprint density at radius 1 is 0.943 bits per heavy atom. The predicted molar refractivity (Wildman–Crippen MR) is 143 cm³/mol. The lowest BCUT2D eigenvalue weighted by atomic mass is 10.1. The summed E-state index contributed by atoms with van der Waals surface area (Å²) < 4.78 is 5.67. The number of anilines is 2. The lowest BCUT2D eigenvalue weighted by molar-refractivity contribution is -0.134. The van der Waals surface area contributed by atoms with Crippen LogP contribution in [0, 0.1) is 5.92 Å². The van der Waals surface area contributed by atoms with Crippen molar-refractivity contribution in [3.05, 3.63) is 71.4 Å². The number of nitrogens with zero attached hydrogens (tertiary/aromatic N) is 2. The molecule has 1 aromatic heterocycles. The summed E-state index contributed by atoms with van der Waals surface area (Å²) in [6.45, 7) is 6.89. The van der Waals surface area contributed by atoms with Gasteiger partial charge in [-0.05, 0) is 72.9 Å². The Morgan fingerprint density at radius 2 is 1.60 bits per heavy atom. The molecule has 4 rings (SSSR count). The first kappa shape index (κ1) is 24.8. The van der Waals surface area contributed by atoms with E-state index in [4.69, 9.17) is 28.2 Å². The SMILES string of the molecule is CC(C)C(=O)N1CCN(c2ccc(NC(=S)NC(=O)c3ccc(-c4ccc(Cl)cc4)o3)cc2)CC1. The highest BCUT2D eigenvalue weighted by atomic mass is 35.5. The zero-order valence-electron chi connectivity index (χ0n) is 19.6. The molecule has 0 aliphatic carbocycles. The lowest BCUT2D eigenvalue weighted by Crippen LogP contribution is -2.49. The normalized spacial score (nSPS) is 13.6. The van der Waals surface area contributed by atoms with Gasteiger partial charge in [0.1, 0.15) is 5.76 Å². The van der Waals surface area contributed by atoms with Crippen LogP contribution in [0.3, 0.4) is 0 Å². The van der Waals surface area contributed by atoms with Crippen molar-refractivity contribution in [2.24, 2.45) is 5.92 Å². The monoisotopic (exact) mass is 510 g/mol. The highest BCUT2D eigenvalue weighted by Gasteiger charge is 2.23. The molecule has 1 aliphatic rings. The van der Waals surface area contributed by atoms with E-state index < -0.39 is 5.91 Å². The molecular formula is C26H27ClN4O3S. The molecule has 2 aromatic carbocycles. The summed E-state index contributed by atoms with van der Waals surface area (Å²) in [6, 6.07) is 18.3. The zero-order valence-corrected chi connectivity index (χ0v) is 21.2. The maximum Gasteiger partial charge on any atom is 0.293 e. The molecule has 2 N–H and O–H groups in total. The molecule has 2 heterocycles. The van der Waals surface area contributed by atoms with Gasteiger partial charge in [0.2, 0.25) is 5.91 Å². The number of amides is 2. The molecule has 1 fully saturated rings. The zero-order chi connectivity index (χ0) is 24.9. The first-order valence-electron chi connectivity index (χ1n) is 11.4. The maximum absolute atomic E-state index is 12.5. The van der Waals surface area contributed by atoms with Crippen LogP contribution in [0.2, 0.25) is 5.02 Å². The molecule has 0 spiro atoms. The molecule has 1 saturated heterocycles. The van der Waals surface area contributed by atoms with Gasteiger partial charge in [-0.25, -0.2) is 0 Å². The van der Waals surface area contributed by atoms with Gasteiger partial charge in [0.25, 0.3) is 5.91 Å². The highest BCUT2D eigenvalue weighted by molar-refractivity contribution is 7.80. The predicted octanol–water partition coefficient (Wildman–Crippen LogP) is 5.03. The first-order valence-corrected chi connectivity index (χ1v) is 12.2. The number of rotatable bonds is 5. The van der Waals surface area contributed by atoms with E-state index in [0.29, 0.717) is 10.8 Å². The van der Waals surface area contributed by atoms with Crippen molar-refractivity contribution in [3.63, 3.8) is 0 Å². The number of thiocarbonyl (C=S) groups is 1. The van der Waals surface area contributed by atoms with Crippen molar-refractivity contribution in [2.45, 2.75) is 13.8 Å². The molecule has 182 valence electrons. The van der Waals surface area contributed by atoms with Gasteiger partial charge in [-0.1, -0.05) is 25.4 Å². The minimum absolute atomic E-state index is 0.0227. The van der Waals surface area contributed by atoms with E-state index >= 15 is 0 Å². The maximum atomic E-state index is 12.5. The van der Waals surface area contributed by atoms with Gasteiger partial charge in [-0.15, -0.1) is 0 Å². The van der Waals surface area contributed by atoms with E-state index in [2.05, 4.69) is 15.5 Å². The lowest BCUT2D eigenvalue weighted by Gasteiger charge is -2.37. The average Bonchev–Trinajstić information content (AvgIpc) is 3.35. The summed E-state index contributed by atoms with van der Waals surface area (Å²) in [5.41, 5.74) is 2.66. The Kier molecular flexibility index (Phi) is 7.73. The summed E-state index contributed by atoms with van der Waals surface area (Å²) in [5, 5.41) is 6.47. The van der Waals surface area contributed by atoms with Crippen molar-refractivity contribution in [1.29, 1.82) is 0 Å². The number of halogens is 1. The van der Waals surface area contributed by atoms with E-state index in [1.54, 1.807) is 24.3 Å². The van der Waals surface area contributed by atoms with Crippen LogP contribution in [0.15, 0.2) is 65.1 Å². The number of benzene rings is 2. The Balaban J connectivity index is 1.28. The van der Waals surface area contributed by atoms with Crippen molar-refractivity contribution < 1.29 is 14.0 Å². The Morgan fingerprint density at radius 3 is 2.23 bits per heavy atom. The molecule has 9 heteroatoms. The molecule has 0 unspecified atom stereocenters. The minimum Gasteiger partial charge on any atom is -0.451 e. The average molecular weight is 511 g/mol. The van der Waals surface area contributed by atoms with E-state index in [9.17, 15) is 9.59 Å². The fourth-order valence-corrected chi connectivity index (χ4v) is 4.20. The topological polar surface area (TPSA) is 77.8 Å². The van der Waals surface area contributed by atoms with Gasteiger partial charge >= 0.3 is 0 Å². The molecule has 2 amide bonds. The molecule has 7 nitrogen and oxygen atoms in total. The van der Waals surface area contributed by atoms with E-state index in [1.807, 2.05) is 55.1 Å². The van der Waals surface area contributed by atoms with Gasteiger partial charge in [-0.3, -0.25) is 14.9 Å². The number of carbonyl (C=O) groups is 2. The van der Waals surface area contributed by atoms with Crippen LogP contribution in [0.5, 0.6) is 0 Å². The molecule has 0 bridgehead atoms. The summed E-state index contributed by atoms with van der Waals surface area (Å²) >= 11 is 11.2. The molecule has 3 aromatic rings. The van der Waals surface area contributed by atoms with Gasteiger partial charge in [0.15, 0.2) is 10.9 Å². The fourth-order valence-electron chi connectivity index (χ4n) is 3.86. The number of carbonyl (C=O) groups excluding carboxylic acids is 2. The third kappa shape index (κ3) is 6.21. The van der Waals surface area contributed by atoms with E-state index in [-0.39, 0.29) is 22.7 Å². The van der Waals surface area contributed by atoms with Crippen LogP contribution in [0.1, 0.15) is 24.4 Å². The van der Waals surface area contributed by atoms with Gasteiger partial charge in [0, 0.05) is 54.1 Å². The number of nitrogens with one attached hydrogen (secondary N) is 2. The van der Waals surface area contributed by atoms with Crippen molar-refractivity contribution >= 4 is 52.1 Å². The Hall–Kier alpha value is -3.36. The number of furan rings is 1. The van der Waals surface area contributed by atoms with Crippen LogP contribution in [-0.2, 0) is 4.79 Å². The van der Waals surface area contributed by atoms with Crippen LogP contribution in [0.25, 0.3) is 11.3 Å². The standard InChI is InChI=1S/C26H27ClN4O3S/c1-17(2)25(33)31-15-13-30(14-16-31)21-9-7-20(8-10-21)28-26(35)29-24(32)23-12-11-22(34-23)18-3-5-19(27)6-4-18/h3-12,17H,13-16H2,1-2H3,(H2,28,29,32,35). The summed E-state index contributed by atoms with van der Waals surface area (Å²) in [5.74, 6) is 0.512. The molecule has 0 radical (unpaired) electrons. The Labute approximate surface area is 215 Å². The van der Waals surface area contributed by atoms with Gasteiger partial charge in [-0.2, -0.15) is 0 Å². The van der Waals surface area contributed by atoms with Gasteiger partial charge in [0.05, 0.1) is 0 Å². The third-order valence-corrected chi connectivity index (χ3v) is 6.22. The number of piperazine rings is 1. The van der Waals surface area contributed by atoms with Crippen LogP contribution >= 0.6 is 23.8 Å². The first-order chi connectivity index (χ1) is 16.8. The molecule has 0 atom stereocenters. The second kappa shape index (κ2) is 10.9. The van der Waals surface area contributed by atoms with E-state index in [1.165, 1.54) is 0 Å². The highest BCUT2D eigenvalue weighted by Crippen LogP contribution is 2.24. The smallest absolute Gasteiger partial charge is 0.293 e. The van der Waals surface area contributed by atoms with Crippen molar-refractivity contribution in [3.8, 4) is 11.3 Å². The number of hydrogen-bond donors (Lipinski definition) is 2. The molecule has 0 saturated carbocycles. The minimum atomic E-state index is -0.437. The molecule has 1 aliphatic heterocycles. The van der Waals surface area contributed by atoms with Crippen LogP contribution in [-0.4, -0.2) is 48.0 Å². The summed E-state index contributed by atoms with van der Waals surface area (Å²) in [6.07, 6.45) is 0. The molecule has 35 heavy (non-hydrogen) atoms. The van der Waals surface area contributed by atoms with Crippen LogP contribution < -0.4 is 15.5 Å². The summed E-state index contributed by atoms with van der Waals surface area (Å²) in [7, 11) is 0. The summed E-state index contributed by atoms with van der Waals surface area (Å²) in [4.78, 5) is 28.9. The fraction of sp³-hybridized carbons (Fsp3) is 0.269. The van der Waals surface area contributed by atoms with E-state index in [0.717, 1.165) is 43.1 Å². The second-order valence-corrected chi connectivity index (χ2v) is 9.44. The largest absolute Gasteiger partial charge is 0.451 e. The van der Waals surface area contributed by atoms with Crippen molar-refractivity contribution in [2.75, 3.05) is 36.4 Å². The number of hydrogen-bond acceptors (Lipinski definition) is 5. The van der Waals surface area contributed by atoms with Crippen LogP contribution in [0.4, 0.5) is 11.4 Å². The third-order valence-electron chi connectivity index (χ3n) is 5.76. The quantitative estimate of drug-likeness (QED) is 0.469. The Bertz CT molecular complexity index is 1200. The van der Waals surface area contributed by atoms with Crippen molar-refractivity contribution in [1.82, 2.24) is 10.2 Å². The molecular weight excluding hydrogens is 484 g/mol. The van der Waals surface area contributed by atoms with Gasteiger partial charge < -0.3 is 19.5 Å². The second-order valence-electron chi connectivity index (χ2n) is 8.59.